The second-order valence-electron chi connectivity index (χ2n) is 6.43. The number of rotatable bonds is 10. The van der Waals surface area contributed by atoms with E-state index in [2.05, 4.69) is 60.4 Å². The lowest BCUT2D eigenvalue weighted by atomic mass is 9.77. The molecule has 1 unspecified atom stereocenters. The Labute approximate surface area is 134 Å². The first-order valence-corrected chi connectivity index (χ1v) is 9.16. The first-order chi connectivity index (χ1) is 9.55. The number of aromatic nitrogens is 1. The summed E-state index contributed by atoms with van der Waals surface area (Å²) in [5.74, 6) is 0. The molecule has 0 saturated heterocycles. The van der Waals surface area contributed by atoms with Crippen LogP contribution < -0.4 is 0 Å². The molecule has 1 nitrogen and oxygen atoms in total. The van der Waals surface area contributed by atoms with Gasteiger partial charge in [0, 0.05) is 18.2 Å². The van der Waals surface area contributed by atoms with Crippen LogP contribution in [-0.4, -0.2) is 4.57 Å². The van der Waals surface area contributed by atoms with Crippen molar-refractivity contribution < 1.29 is 0 Å². The van der Waals surface area contributed by atoms with Crippen LogP contribution >= 0.6 is 15.9 Å². The number of hydrogen-bond acceptors (Lipinski definition) is 0. The molecule has 1 heterocycles. The Kier molecular flexibility index (Phi) is 7.94. The van der Waals surface area contributed by atoms with E-state index in [1.807, 2.05) is 0 Å². The SMILES string of the molecule is CCCCCCC(C)(CCCCC)c1ccc(Br)n1C. The van der Waals surface area contributed by atoms with Gasteiger partial charge in [-0.2, -0.15) is 0 Å². The maximum Gasteiger partial charge on any atom is 0.0846 e. The number of unbranched alkanes of at least 4 members (excludes halogenated alkanes) is 5. The lowest BCUT2D eigenvalue weighted by Gasteiger charge is -2.31. The first-order valence-electron chi connectivity index (χ1n) is 8.37. The third kappa shape index (κ3) is 4.95. The Balaban J connectivity index is 2.74. The van der Waals surface area contributed by atoms with Crippen molar-refractivity contribution in [2.45, 2.75) is 84.0 Å². The van der Waals surface area contributed by atoms with Gasteiger partial charge in [-0.1, -0.05) is 65.7 Å². The van der Waals surface area contributed by atoms with Crippen LogP contribution in [0.15, 0.2) is 16.7 Å². The van der Waals surface area contributed by atoms with Gasteiger partial charge < -0.3 is 4.57 Å². The van der Waals surface area contributed by atoms with E-state index < -0.39 is 0 Å². The van der Waals surface area contributed by atoms with Crippen LogP contribution in [0.1, 0.15) is 84.3 Å². The van der Waals surface area contributed by atoms with Crippen molar-refractivity contribution in [1.82, 2.24) is 4.57 Å². The maximum atomic E-state index is 3.65. The van der Waals surface area contributed by atoms with Gasteiger partial charge in [-0.15, -0.1) is 0 Å². The molecular weight excluding hydrogens is 310 g/mol. The predicted molar refractivity (Wildman–Crippen MR) is 93.4 cm³/mol. The number of nitrogens with zero attached hydrogens (tertiary/aromatic N) is 1. The van der Waals surface area contributed by atoms with Gasteiger partial charge in [0.25, 0.3) is 0 Å². The van der Waals surface area contributed by atoms with Crippen molar-refractivity contribution in [2.75, 3.05) is 0 Å². The monoisotopic (exact) mass is 341 g/mol. The quantitative estimate of drug-likeness (QED) is 0.422. The minimum atomic E-state index is 0.337. The van der Waals surface area contributed by atoms with Gasteiger partial charge in [0.1, 0.15) is 0 Å². The van der Waals surface area contributed by atoms with Gasteiger partial charge in [-0.3, -0.25) is 0 Å². The topological polar surface area (TPSA) is 4.93 Å². The number of hydrogen-bond donors (Lipinski definition) is 0. The molecule has 0 aliphatic heterocycles. The van der Waals surface area contributed by atoms with Crippen LogP contribution in [0, 0.1) is 0 Å². The van der Waals surface area contributed by atoms with Crippen molar-refractivity contribution in [3.63, 3.8) is 0 Å². The summed E-state index contributed by atoms with van der Waals surface area (Å²) in [6.45, 7) is 7.04. The molecule has 0 radical (unpaired) electrons. The van der Waals surface area contributed by atoms with Crippen molar-refractivity contribution in [3.05, 3.63) is 22.4 Å². The molecule has 1 rings (SSSR count). The third-order valence-corrected chi connectivity index (χ3v) is 5.39. The minimum absolute atomic E-state index is 0.337. The molecule has 0 spiro atoms. The van der Waals surface area contributed by atoms with Gasteiger partial charge in [-0.25, -0.2) is 0 Å². The van der Waals surface area contributed by atoms with E-state index in [4.69, 9.17) is 0 Å². The average Bonchev–Trinajstić information content (AvgIpc) is 2.76. The summed E-state index contributed by atoms with van der Waals surface area (Å²) in [5.41, 5.74) is 1.83. The summed E-state index contributed by atoms with van der Waals surface area (Å²) in [4.78, 5) is 0. The average molecular weight is 342 g/mol. The van der Waals surface area contributed by atoms with Crippen molar-refractivity contribution in [2.24, 2.45) is 7.05 Å². The van der Waals surface area contributed by atoms with Crippen molar-refractivity contribution in [3.8, 4) is 0 Å². The second kappa shape index (κ2) is 8.92. The first kappa shape index (κ1) is 17.8. The Hall–Kier alpha value is -0.240. The summed E-state index contributed by atoms with van der Waals surface area (Å²) < 4.78 is 3.52. The Bertz CT molecular complexity index is 383. The molecule has 1 atom stereocenters. The summed E-state index contributed by atoms with van der Waals surface area (Å²) in [6, 6.07) is 4.51. The molecule has 20 heavy (non-hydrogen) atoms. The van der Waals surface area contributed by atoms with E-state index in [0.29, 0.717) is 5.41 Å². The van der Waals surface area contributed by atoms with Crippen LogP contribution in [0.4, 0.5) is 0 Å². The molecule has 0 amide bonds. The Morgan fingerprint density at radius 2 is 1.50 bits per heavy atom. The van der Waals surface area contributed by atoms with Gasteiger partial charge in [0.2, 0.25) is 0 Å². The fourth-order valence-corrected chi connectivity index (χ4v) is 3.50. The summed E-state index contributed by atoms with van der Waals surface area (Å²) in [7, 11) is 2.18. The summed E-state index contributed by atoms with van der Waals surface area (Å²) in [5, 5.41) is 0. The summed E-state index contributed by atoms with van der Waals surface area (Å²) >= 11 is 3.65. The molecule has 116 valence electrons. The molecule has 0 saturated carbocycles. The highest BCUT2D eigenvalue weighted by Crippen LogP contribution is 2.36. The van der Waals surface area contributed by atoms with E-state index in [0.717, 1.165) is 0 Å². The second-order valence-corrected chi connectivity index (χ2v) is 7.24. The standard InChI is InChI=1S/C18H32BrN/c1-5-7-9-11-15-18(3,14-10-8-6-2)16-12-13-17(19)20(16)4/h12-13H,5-11,14-15H2,1-4H3. The van der Waals surface area contributed by atoms with Crippen LogP contribution in [0.2, 0.25) is 0 Å². The third-order valence-electron chi connectivity index (χ3n) is 4.59. The molecule has 0 bridgehead atoms. The lowest BCUT2D eigenvalue weighted by Crippen LogP contribution is -2.25. The van der Waals surface area contributed by atoms with Gasteiger partial charge in [0.15, 0.2) is 0 Å². The Morgan fingerprint density at radius 1 is 0.950 bits per heavy atom. The van der Waals surface area contributed by atoms with Gasteiger partial charge >= 0.3 is 0 Å². The molecule has 0 N–H and O–H groups in total. The smallest absolute Gasteiger partial charge is 0.0846 e. The van der Waals surface area contributed by atoms with Crippen LogP contribution in [0.25, 0.3) is 0 Å². The molecule has 1 aromatic heterocycles. The van der Waals surface area contributed by atoms with Crippen LogP contribution in [0.5, 0.6) is 0 Å². The Morgan fingerprint density at radius 3 is 2.00 bits per heavy atom. The highest BCUT2D eigenvalue weighted by atomic mass is 79.9. The normalized spacial score (nSPS) is 14.4. The van der Waals surface area contributed by atoms with E-state index in [-0.39, 0.29) is 0 Å². The van der Waals surface area contributed by atoms with Crippen molar-refractivity contribution in [1.29, 1.82) is 0 Å². The fraction of sp³-hybridized carbons (Fsp3) is 0.778. The lowest BCUT2D eigenvalue weighted by molar-refractivity contribution is 0.348. The van der Waals surface area contributed by atoms with Gasteiger partial charge in [-0.05, 0) is 40.9 Å². The van der Waals surface area contributed by atoms with Crippen molar-refractivity contribution >= 4 is 15.9 Å². The fourth-order valence-electron chi connectivity index (χ4n) is 3.18. The van der Waals surface area contributed by atoms with Crippen LogP contribution in [0.3, 0.4) is 0 Å². The summed E-state index contributed by atoms with van der Waals surface area (Å²) in [6.07, 6.45) is 12.1. The zero-order valence-electron chi connectivity index (χ0n) is 13.8. The molecular formula is C18H32BrN. The zero-order valence-corrected chi connectivity index (χ0v) is 15.4. The zero-order chi connectivity index (χ0) is 15.0. The molecule has 0 aromatic carbocycles. The largest absolute Gasteiger partial charge is 0.342 e. The van der Waals surface area contributed by atoms with E-state index in [9.17, 15) is 0 Å². The van der Waals surface area contributed by atoms with E-state index in [1.54, 1.807) is 0 Å². The number of halogens is 1. The predicted octanol–water partition coefficient (Wildman–Crippen LogP) is 6.60. The van der Waals surface area contributed by atoms with Gasteiger partial charge in [0.05, 0.1) is 4.60 Å². The highest BCUT2D eigenvalue weighted by Gasteiger charge is 2.28. The molecule has 0 aliphatic carbocycles. The highest BCUT2D eigenvalue weighted by molar-refractivity contribution is 9.10. The molecule has 0 fully saturated rings. The maximum absolute atomic E-state index is 3.65. The van der Waals surface area contributed by atoms with Crippen LogP contribution in [-0.2, 0) is 12.5 Å². The van der Waals surface area contributed by atoms with E-state index >= 15 is 0 Å². The molecule has 1 aromatic rings. The minimum Gasteiger partial charge on any atom is -0.342 e. The van der Waals surface area contributed by atoms with E-state index in [1.165, 1.54) is 68.1 Å². The molecule has 0 aliphatic rings. The molecule has 2 heteroatoms.